The van der Waals surface area contributed by atoms with Crippen LogP contribution in [0.3, 0.4) is 0 Å². The van der Waals surface area contributed by atoms with E-state index in [0.29, 0.717) is 5.13 Å². The fraction of sp³-hybridized carbons (Fsp3) is 0.583. The molecule has 6 nitrogen and oxygen atoms in total. The molecule has 2 rings (SSSR count). The molecule has 1 aliphatic heterocycles. The van der Waals surface area contributed by atoms with E-state index in [-0.39, 0.29) is 24.9 Å². The molecule has 2 heterocycles. The topological polar surface area (TPSA) is 82.5 Å². The van der Waals surface area contributed by atoms with Gasteiger partial charge in [-0.15, -0.1) is 11.3 Å². The van der Waals surface area contributed by atoms with E-state index in [2.05, 4.69) is 10.3 Å². The lowest BCUT2D eigenvalue weighted by atomic mass is 9.99. The van der Waals surface area contributed by atoms with Crippen LogP contribution < -0.4 is 5.32 Å². The highest BCUT2D eigenvalue weighted by Crippen LogP contribution is 2.19. The van der Waals surface area contributed by atoms with Gasteiger partial charge < -0.3 is 10.4 Å². The number of thiazole rings is 1. The molecule has 0 spiro atoms. The maximum Gasteiger partial charge on any atom is 0.304 e. The number of piperidine rings is 1. The van der Waals surface area contributed by atoms with Gasteiger partial charge in [-0.25, -0.2) is 4.98 Å². The molecule has 0 aromatic carbocycles. The van der Waals surface area contributed by atoms with Crippen molar-refractivity contribution in [1.29, 1.82) is 0 Å². The van der Waals surface area contributed by atoms with Crippen LogP contribution in [0.15, 0.2) is 11.6 Å². The van der Waals surface area contributed by atoms with Crippen molar-refractivity contribution in [3.63, 3.8) is 0 Å². The van der Waals surface area contributed by atoms with E-state index in [4.69, 9.17) is 5.11 Å². The normalized spacial score (nSPS) is 20.1. The van der Waals surface area contributed by atoms with Gasteiger partial charge in [0.05, 0.1) is 13.0 Å². The number of anilines is 1. The Morgan fingerprint density at radius 3 is 3.05 bits per heavy atom. The molecule has 19 heavy (non-hydrogen) atoms. The van der Waals surface area contributed by atoms with E-state index >= 15 is 0 Å². The molecular formula is C12H17N3O3S. The molecule has 104 valence electrons. The maximum atomic E-state index is 11.9. The number of carboxylic acid groups (broad SMARTS) is 1. The van der Waals surface area contributed by atoms with Crippen molar-refractivity contribution >= 4 is 28.3 Å². The zero-order chi connectivity index (χ0) is 13.7. The number of aromatic nitrogens is 1. The number of hydrogen-bond donors (Lipinski definition) is 2. The minimum Gasteiger partial charge on any atom is -0.481 e. The van der Waals surface area contributed by atoms with Crippen molar-refractivity contribution in [3.05, 3.63) is 11.6 Å². The molecule has 1 amide bonds. The molecule has 1 saturated heterocycles. The Hall–Kier alpha value is -1.47. The smallest absolute Gasteiger partial charge is 0.304 e. The largest absolute Gasteiger partial charge is 0.481 e. The van der Waals surface area contributed by atoms with Crippen LogP contribution in [0.1, 0.15) is 25.7 Å². The van der Waals surface area contributed by atoms with Gasteiger partial charge in [-0.1, -0.05) is 6.42 Å². The molecule has 0 saturated carbocycles. The summed E-state index contributed by atoms with van der Waals surface area (Å²) < 4.78 is 0. The number of hydrogen-bond acceptors (Lipinski definition) is 5. The summed E-state index contributed by atoms with van der Waals surface area (Å²) in [6.45, 7) is 1.01. The van der Waals surface area contributed by atoms with Gasteiger partial charge in [0.1, 0.15) is 0 Å². The van der Waals surface area contributed by atoms with Crippen molar-refractivity contribution < 1.29 is 14.7 Å². The van der Waals surface area contributed by atoms with E-state index in [9.17, 15) is 9.59 Å². The first-order valence-corrected chi connectivity index (χ1v) is 7.18. The van der Waals surface area contributed by atoms with Crippen LogP contribution in [-0.2, 0) is 9.59 Å². The number of nitrogens with one attached hydrogen (secondary N) is 1. The van der Waals surface area contributed by atoms with Crippen LogP contribution >= 0.6 is 11.3 Å². The summed E-state index contributed by atoms with van der Waals surface area (Å²) in [5, 5.41) is 14.0. The van der Waals surface area contributed by atoms with Gasteiger partial charge in [0.2, 0.25) is 5.91 Å². The van der Waals surface area contributed by atoms with Gasteiger partial charge in [0, 0.05) is 17.6 Å². The lowest BCUT2D eigenvalue weighted by molar-refractivity contribution is -0.139. The first kappa shape index (κ1) is 14.0. The van der Waals surface area contributed by atoms with E-state index < -0.39 is 5.97 Å². The number of carbonyl (C=O) groups is 2. The summed E-state index contributed by atoms with van der Waals surface area (Å²) in [6.07, 6.45) is 4.62. The molecule has 1 fully saturated rings. The second-order valence-electron chi connectivity index (χ2n) is 4.60. The van der Waals surface area contributed by atoms with Crippen LogP contribution in [0, 0.1) is 0 Å². The van der Waals surface area contributed by atoms with Crippen molar-refractivity contribution in [2.45, 2.75) is 31.7 Å². The zero-order valence-corrected chi connectivity index (χ0v) is 11.4. The van der Waals surface area contributed by atoms with Crippen molar-refractivity contribution in [1.82, 2.24) is 9.88 Å². The molecule has 1 aliphatic rings. The quantitative estimate of drug-likeness (QED) is 0.853. The van der Waals surface area contributed by atoms with Gasteiger partial charge in [-0.05, 0) is 19.4 Å². The molecule has 0 radical (unpaired) electrons. The van der Waals surface area contributed by atoms with Gasteiger partial charge in [0.15, 0.2) is 5.13 Å². The molecule has 0 aliphatic carbocycles. The summed E-state index contributed by atoms with van der Waals surface area (Å²) in [7, 11) is 0. The fourth-order valence-electron chi connectivity index (χ4n) is 2.33. The lowest BCUT2D eigenvalue weighted by Gasteiger charge is -2.34. The molecule has 1 atom stereocenters. The Balaban J connectivity index is 1.88. The van der Waals surface area contributed by atoms with Crippen LogP contribution in [0.25, 0.3) is 0 Å². The molecule has 7 heteroatoms. The van der Waals surface area contributed by atoms with Gasteiger partial charge in [-0.3, -0.25) is 14.5 Å². The number of carboxylic acids is 1. The zero-order valence-electron chi connectivity index (χ0n) is 10.5. The van der Waals surface area contributed by atoms with Crippen LogP contribution in [-0.4, -0.2) is 46.0 Å². The molecule has 1 aromatic rings. The van der Waals surface area contributed by atoms with Crippen molar-refractivity contribution in [3.8, 4) is 0 Å². The summed E-state index contributed by atoms with van der Waals surface area (Å²) in [5.74, 6) is -0.940. The highest BCUT2D eigenvalue weighted by Gasteiger charge is 2.26. The highest BCUT2D eigenvalue weighted by molar-refractivity contribution is 7.13. The third kappa shape index (κ3) is 4.29. The predicted octanol–water partition coefficient (Wildman–Crippen LogP) is 1.41. The van der Waals surface area contributed by atoms with Gasteiger partial charge in [-0.2, -0.15) is 0 Å². The summed E-state index contributed by atoms with van der Waals surface area (Å²) in [4.78, 5) is 28.6. The Labute approximate surface area is 115 Å². The number of nitrogens with zero attached hydrogens (tertiary/aromatic N) is 2. The monoisotopic (exact) mass is 283 g/mol. The third-order valence-corrected chi connectivity index (χ3v) is 3.87. The Bertz CT molecular complexity index is 435. The molecular weight excluding hydrogens is 266 g/mol. The minimum atomic E-state index is -0.808. The number of rotatable bonds is 5. The van der Waals surface area contributed by atoms with E-state index in [1.807, 2.05) is 4.90 Å². The van der Waals surface area contributed by atoms with Crippen LogP contribution in [0.2, 0.25) is 0 Å². The second kappa shape index (κ2) is 6.63. The fourth-order valence-corrected chi connectivity index (χ4v) is 2.87. The number of likely N-dealkylation sites (tertiary alicyclic amines) is 1. The Kier molecular flexibility index (Phi) is 4.86. The molecule has 1 aromatic heterocycles. The average Bonchev–Trinajstić information content (AvgIpc) is 2.83. The third-order valence-electron chi connectivity index (χ3n) is 3.18. The lowest BCUT2D eigenvalue weighted by Crippen LogP contribution is -2.44. The van der Waals surface area contributed by atoms with Crippen molar-refractivity contribution in [2.24, 2.45) is 0 Å². The second-order valence-corrected chi connectivity index (χ2v) is 5.50. The van der Waals surface area contributed by atoms with Crippen LogP contribution in [0.5, 0.6) is 0 Å². The Morgan fingerprint density at radius 1 is 1.53 bits per heavy atom. The maximum absolute atomic E-state index is 11.9. The number of carbonyl (C=O) groups excluding carboxylic acids is 1. The van der Waals surface area contributed by atoms with E-state index in [1.165, 1.54) is 11.3 Å². The number of aliphatic carboxylic acids is 1. The average molecular weight is 283 g/mol. The molecule has 1 unspecified atom stereocenters. The summed E-state index contributed by atoms with van der Waals surface area (Å²) in [6, 6.07) is -0.0340. The minimum absolute atomic E-state index is 0.0340. The summed E-state index contributed by atoms with van der Waals surface area (Å²) in [5.41, 5.74) is 0. The molecule has 0 bridgehead atoms. The number of amides is 1. The van der Waals surface area contributed by atoms with Crippen molar-refractivity contribution in [2.75, 3.05) is 18.4 Å². The highest BCUT2D eigenvalue weighted by atomic mass is 32.1. The first-order chi connectivity index (χ1) is 9.15. The standard InChI is InChI=1S/C12H17N3O3S/c16-10(14-12-13-4-6-19-12)8-15-5-2-1-3-9(15)7-11(17)18/h4,6,9H,1-3,5,7-8H2,(H,17,18)(H,13,14,16). The first-order valence-electron chi connectivity index (χ1n) is 6.30. The van der Waals surface area contributed by atoms with Crippen LogP contribution in [0.4, 0.5) is 5.13 Å². The SMILES string of the molecule is O=C(O)CC1CCCCN1CC(=O)Nc1nccs1. The molecule has 2 N–H and O–H groups in total. The van der Waals surface area contributed by atoms with E-state index in [1.54, 1.807) is 11.6 Å². The Morgan fingerprint density at radius 2 is 2.37 bits per heavy atom. The van der Waals surface area contributed by atoms with Gasteiger partial charge in [0.25, 0.3) is 0 Å². The summed E-state index contributed by atoms with van der Waals surface area (Å²) >= 11 is 1.37. The van der Waals surface area contributed by atoms with E-state index in [0.717, 1.165) is 25.8 Å². The van der Waals surface area contributed by atoms with Gasteiger partial charge >= 0.3 is 5.97 Å². The predicted molar refractivity (Wildman–Crippen MR) is 72.2 cm³/mol.